The lowest BCUT2D eigenvalue weighted by Gasteiger charge is -2.11. The van der Waals surface area contributed by atoms with E-state index in [4.69, 9.17) is 22.2 Å². The molecule has 0 aliphatic carbocycles. The Morgan fingerprint density at radius 2 is 1.80 bits per heavy atom. The number of nitrogen functional groups attached to an aromatic ring is 1. The van der Waals surface area contributed by atoms with Crippen molar-refractivity contribution in [1.29, 1.82) is 0 Å². The predicted molar refractivity (Wildman–Crippen MR) is 68.6 cm³/mol. The minimum atomic E-state index is -4.52. The maximum absolute atomic E-state index is 12.7. The summed E-state index contributed by atoms with van der Waals surface area (Å²) in [6.45, 7) is 0. The second-order valence-electron chi connectivity index (χ2n) is 3.78. The molecule has 1 heterocycles. The van der Waals surface area contributed by atoms with Crippen molar-refractivity contribution in [3.8, 4) is 11.6 Å². The van der Waals surface area contributed by atoms with Gasteiger partial charge in [0.05, 0.1) is 5.56 Å². The molecule has 0 amide bonds. The topological polar surface area (TPSA) is 60.2 Å². The average Bonchev–Trinajstić information content (AvgIpc) is 2.40. The quantitative estimate of drug-likeness (QED) is 0.668. The fraction of sp³-hybridized carbons (Fsp3) is 0.0833. The fourth-order valence-corrected chi connectivity index (χ4v) is 1.54. The summed E-state index contributed by atoms with van der Waals surface area (Å²) < 4.78 is 43.4. The van der Waals surface area contributed by atoms with Gasteiger partial charge in [-0.05, 0) is 30.3 Å². The number of alkyl halides is 3. The van der Waals surface area contributed by atoms with Crippen molar-refractivity contribution in [2.24, 2.45) is 5.84 Å². The molecule has 0 saturated heterocycles. The van der Waals surface area contributed by atoms with Gasteiger partial charge in [0.25, 0.3) is 0 Å². The summed E-state index contributed by atoms with van der Waals surface area (Å²) in [6.07, 6.45) is -4.52. The Bertz CT molecular complexity index is 602. The summed E-state index contributed by atoms with van der Waals surface area (Å²) >= 11 is 5.70. The van der Waals surface area contributed by atoms with Gasteiger partial charge in [0.15, 0.2) is 0 Å². The normalized spacial score (nSPS) is 11.2. The van der Waals surface area contributed by atoms with Crippen LogP contribution in [0.4, 0.5) is 19.0 Å². The molecule has 0 bridgehead atoms. The molecule has 8 heteroatoms. The number of hydrogen-bond acceptors (Lipinski definition) is 4. The molecule has 1 aromatic carbocycles. The third-order valence-corrected chi connectivity index (χ3v) is 2.57. The van der Waals surface area contributed by atoms with Gasteiger partial charge in [0, 0.05) is 11.1 Å². The van der Waals surface area contributed by atoms with E-state index in [2.05, 4.69) is 10.4 Å². The van der Waals surface area contributed by atoms with Gasteiger partial charge < -0.3 is 10.2 Å². The van der Waals surface area contributed by atoms with Crippen LogP contribution in [0.15, 0.2) is 36.4 Å². The Kier molecular flexibility index (Phi) is 4.01. The van der Waals surface area contributed by atoms with Crippen LogP contribution in [0.3, 0.4) is 0 Å². The third kappa shape index (κ3) is 3.52. The van der Waals surface area contributed by atoms with Gasteiger partial charge in [0.2, 0.25) is 5.88 Å². The number of nitrogens with one attached hydrogen (secondary N) is 1. The van der Waals surface area contributed by atoms with E-state index in [1.165, 1.54) is 12.1 Å². The van der Waals surface area contributed by atoms with Crippen LogP contribution in [-0.4, -0.2) is 4.98 Å². The van der Waals surface area contributed by atoms with Gasteiger partial charge in [-0.2, -0.15) is 18.2 Å². The largest absolute Gasteiger partial charge is 0.439 e. The molecule has 0 spiro atoms. The number of nitrogens with zero attached hydrogens (tertiary/aromatic N) is 1. The summed E-state index contributed by atoms with van der Waals surface area (Å²) in [5.41, 5.74) is 1.15. The zero-order valence-electron chi connectivity index (χ0n) is 9.91. The van der Waals surface area contributed by atoms with Crippen LogP contribution < -0.4 is 16.0 Å². The number of anilines is 1. The number of hydrazine groups is 1. The molecule has 4 nitrogen and oxygen atoms in total. The molecular formula is C12H9ClF3N3O. The number of hydrogen-bond donors (Lipinski definition) is 2. The minimum Gasteiger partial charge on any atom is -0.439 e. The van der Waals surface area contributed by atoms with Gasteiger partial charge in [0.1, 0.15) is 11.6 Å². The van der Waals surface area contributed by atoms with Crippen molar-refractivity contribution >= 4 is 17.4 Å². The van der Waals surface area contributed by atoms with Crippen LogP contribution in [0.5, 0.6) is 11.6 Å². The SMILES string of the molecule is NNc1cc(C(F)(F)F)cc(Oc2ccc(Cl)cc2)n1. The number of aromatic nitrogens is 1. The number of rotatable bonds is 3. The lowest BCUT2D eigenvalue weighted by Crippen LogP contribution is -2.12. The van der Waals surface area contributed by atoms with Crippen molar-refractivity contribution in [3.05, 3.63) is 47.0 Å². The molecule has 20 heavy (non-hydrogen) atoms. The average molecular weight is 304 g/mol. The molecule has 0 radical (unpaired) electrons. The molecule has 0 saturated carbocycles. The Morgan fingerprint density at radius 3 is 2.35 bits per heavy atom. The molecule has 0 atom stereocenters. The lowest BCUT2D eigenvalue weighted by molar-refractivity contribution is -0.137. The van der Waals surface area contributed by atoms with Crippen molar-refractivity contribution in [2.75, 3.05) is 5.43 Å². The molecule has 0 unspecified atom stereocenters. The van der Waals surface area contributed by atoms with Crippen LogP contribution in [0.2, 0.25) is 5.02 Å². The van der Waals surface area contributed by atoms with Gasteiger partial charge in [-0.25, -0.2) is 5.84 Å². The van der Waals surface area contributed by atoms with E-state index >= 15 is 0 Å². The van der Waals surface area contributed by atoms with E-state index in [9.17, 15) is 13.2 Å². The second kappa shape index (κ2) is 5.56. The van der Waals surface area contributed by atoms with Crippen LogP contribution in [0, 0.1) is 0 Å². The number of halogens is 4. The van der Waals surface area contributed by atoms with Crippen molar-refractivity contribution in [2.45, 2.75) is 6.18 Å². The van der Waals surface area contributed by atoms with Crippen molar-refractivity contribution in [1.82, 2.24) is 4.98 Å². The van der Waals surface area contributed by atoms with E-state index in [0.29, 0.717) is 10.8 Å². The van der Waals surface area contributed by atoms with E-state index in [1.807, 2.05) is 0 Å². The van der Waals surface area contributed by atoms with E-state index in [1.54, 1.807) is 12.1 Å². The zero-order chi connectivity index (χ0) is 14.8. The standard InChI is InChI=1S/C12H9ClF3N3O/c13-8-1-3-9(4-2-8)20-11-6-7(12(14,15)16)5-10(18-11)19-17/h1-6H,17H2,(H,18,19). The van der Waals surface area contributed by atoms with Crippen molar-refractivity contribution < 1.29 is 17.9 Å². The van der Waals surface area contributed by atoms with Gasteiger partial charge >= 0.3 is 6.18 Å². The van der Waals surface area contributed by atoms with Crippen LogP contribution in [0.25, 0.3) is 0 Å². The molecule has 106 valence electrons. The molecule has 2 aromatic rings. The van der Waals surface area contributed by atoms with Crippen LogP contribution >= 0.6 is 11.6 Å². The summed E-state index contributed by atoms with van der Waals surface area (Å²) in [6, 6.07) is 7.70. The number of pyridine rings is 1. The zero-order valence-corrected chi connectivity index (χ0v) is 10.7. The Hall–Kier alpha value is -1.99. The molecule has 1 aromatic heterocycles. The van der Waals surface area contributed by atoms with E-state index < -0.39 is 11.7 Å². The predicted octanol–water partition coefficient (Wildman–Crippen LogP) is 3.83. The highest BCUT2D eigenvalue weighted by Gasteiger charge is 2.32. The Balaban J connectivity index is 2.33. The van der Waals surface area contributed by atoms with Crippen molar-refractivity contribution in [3.63, 3.8) is 0 Å². The highest BCUT2D eigenvalue weighted by atomic mass is 35.5. The highest BCUT2D eigenvalue weighted by molar-refractivity contribution is 6.30. The first kappa shape index (κ1) is 14.4. The molecule has 2 rings (SSSR count). The fourth-order valence-electron chi connectivity index (χ4n) is 1.42. The Morgan fingerprint density at radius 1 is 1.15 bits per heavy atom. The molecule has 0 fully saturated rings. The van der Waals surface area contributed by atoms with E-state index in [0.717, 1.165) is 12.1 Å². The minimum absolute atomic E-state index is 0.149. The molecule has 0 aliphatic heterocycles. The smallest absolute Gasteiger partial charge is 0.416 e. The lowest BCUT2D eigenvalue weighted by atomic mass is 10.2. The van der Waals surface area contributed by atoms with Gasteiger partial charge in [-0.1, -0.05) is 11.6 Å². The maximum atomic E-state index is 12.7. The second-order valence-corrected chi connectivity index (χ2v) is 4.21. The third-order valence-electron chi connectivity index (χ3n) is 2.31. The first-order chi connectivity index (χ1) is 9.38. The number of nitrogens with two attached hydrogens (primary N) is 1. The first-order valence-corrected chi connectivity index (χ1v) is 5.75. The maximum Gasteiger partial charge on any atom is 0.416 e. The highest BCUT2D eigenvalue weighted by Crippen LogP contribution is 2.33. The molecular weight excluding hydrogens is 295 g/mol. The summed E-state index contributed by atoms with van der Waals surface area (Å²) in [5.74, 6) is 5.02. The van der Waals surface area contributed by atoms with Gasteiger partial charge in [-0.15, -0.1) is 0 Å². The van der Waals surface area contributed by atoms with Crippen LogP contribution in [-0.2, 0) is 6.18 Å². The van der Waals surface area contributed by atoms with E-state index in [-0.39, 0.29) is 11.7 Å². The summed E-state index contributed by atoms with van der Waals surface area (Å²) in [5, 5.41) is 0.485. The summed E-state index contributed by atoms with van der Waals surface area (Å²) in [7, 11) is 0. The Labute approximate surface area is 117 Å². The van der Waals surface area contributed by atoms with Gasteiger partial charge in [-0.3, -0.25) is 0 Å². The first-order valence-electron chi connectivity index (χ1n) is 5.38. The molecule has 0 aliphatic rings. The molecule has 3 N–H and O–H groups in total. The van der Waals surface area contributed by atoms with Crippen LogP contribution in [0.1, 0.15) is 5.56 Å². The monoisotopic (exact) mass is 303 g/mol. The number of ether oxygens (including phenoxy) is 1. The number of benzene rings is 1. The summed E-state index contributed by atoms with van der Waals surface area (Å²) in [4.78, 5) is 3.79.